The Labute approximate surface area is 99.4 Å². The Morgan fingerprint density at radius 2 is 1.75 bits per heavy atom. The quantitative estimate of drug-likeness (QED) is 0.683. The van der Waals surface area contributed by atoms with E-state index in [1.807, 2.05) is 0 Å². The molecule has 2 saturated carbocycles. The summed E-state index contributed by atoms with van der Waals surface area (Å²) in [6.45, 7) is 1.00. The zero-order chi connectivity index (χ0) is 11.4. The molecule has 16 heavy (non-hydrogen) atoms. The molecular formula is C14H25NO. The third-order valence-electron chi connectivity index (χ3n) is 4.61. The van der Waals surface area contributed by atoms with Gasteiger partial charge in [0, 0.05) is 18.0 Å². The number of carbonyl (C=O) groups excluding carboxylic acids is 1. The Morgan fingerprint density at radius 1 is 1.12 bits per heavy atom. The van der Waals surface area contributed by atoms with E-state index in [0.717, 1.165) is 25.4 Å². The van der Waals surface area contributed by atoms with Crippen molar-refractivity contribution in [2.24, 2.45) is 5.41 Å². The molecule has 0 amide bonds. The Kier molecular flexibility index (Phi) is 4.01. The topological polar surface area (TPSA) is 20.3 Å². The molecule has 2 aliphatic rings. The zero-order valence-corrected chi connectivity index (χ0v) is 10.6. The van der Waals surface area contributed by atoms with Crippen LogP contribution in [-0.2, 0) is 4.79 Å². The van der Waals surface area contributed by atoms with Crippen LogP contribution in [0.4, 0.5) is 0 Å². The van der Waals surface area contributed by atoms with Gasteiger partial charge in [-0.3, -0.25) is 0 Å². The highest BCUT2D eigenvalue weighted by molar-refractivity contribution is 5.60. The van der Waals surface area contributed by atoms with Crippen LogP contribution < -0.4 is 0 Å². The molecule has 2 aliphatic carbocycles. The largest absolute Gasteiger partial charge is 0.303 e. The van der Waals surface area contributed by atoms with E-state index in [0.29, 0.717) is 0 Å². The van der Waals surface area contributed by atoms with Crippen LogP contribution in [-0.4, -0.2) is 30.8 Å². The van der Waals surface area contributed by atoms with Crippen molar-refractivity contribution in [3.05, 3.63) is 0 Å². The van der Waals surface area contributed by atoms with Crippen molar-refractivity contribution >= 4 is 6.29 Å². The van der Waals surface area contributed by atoms with Gasteiger partial charge >= 0.3 is 0 Å². The minimum absolute atomic E-state index is 0.00437. The summed E-state index contributed by atoms with van der Waals surface area (Å²) in [6.07, 6.45) is 12.7. The maximum absolute atomic E-state index is 11.4. The predicted molar refractivity (Wildman–Crippen MR) is 66.5 cm³/mol. The Hall–Kier alpha value is -0.370. The number of aldehydes is 1. The lowest BCUT2D eigenvalue weighted by Crippen LogP contribution is -2.42. The maximum atomic E-state index is 11.4. The van der Waals surface area contributed by atoms with Crippen LogP contribution in [0.1, 0.15) is 57.8 Å². The minimum atomic E-state index is -0.00437. The lowest BCUT2D eigenvalue weighted by atomic mass is 9.74. The Bertz CT molecular complexity index is 227. The monoisotopic (exact) mass is 223 g/mol. The minimum Gasteiger partial charge on any atom is -0.303 e. The van der Waals surface area contributed by atoms with Gasteiger partial charge in [-0.1, -0.05) is 32.1 Å². The molecule has 0 heterocycles. The van der Waals surface area contributed by atoms with Gasteiger partial charge in [-0.05, 0) is 32.7 Å². The first-order valence-electron chi connectivity index (χ1n) is 6.92. The summed E-state index contributed by atoms with van der Waals surface area (Å²) in [6, 6.07) is 0.749. The van der Waals surface area contributed by atoms with Gasteiger partial charge in [0.1, 0.15) is 6.29 Å². The molecule has 0 spiro atoms. The van der Waals surface area contributed by atoms with E-state index < -0.39 is 0 Å². The van der Waals surface area contributed by atoms with Crippen molar-refractivity contribution in [2.45, 2.75) is 63.8 Å². The second-order valence-electron chi connectivity index (χ2n) is 5.89. The van der Waals surface area contributed by atoms with Crippen LogP contribution in [0.15, 0.2) is 0 Å². The number of rotatable bonds is 4. The fourth-order valence-corrected chi connectivity index (χ4v) is 3.54. The van der Waals surface area contributed by atoms with Gasteiger partial charge in [-0.15, -0.1) is 0 Å². The smallest absolute Gasteiger partial charge is 0.127 e. The Morgan fingerprint density at radius 3 is 2.31 bits per heavy atom. The van der Waals surface area contributed by atoms with E-state index in [4.69, 9.17) is 0 Å². The summed E-state index contributed by atoms with van der Waals surface area (Å²) in [5.41, 5.74) is -0.00437. The molecule has 0 aromatic heterocycles. The van der Waals surface area contributed by atoms with Gasteiger partial charge in [0.15, 0.2) is 0 Å². The normalized spacial score (nSPS) is 26.1. The first-order chi connectivity index (χ1) is 7.76. The first-order valence-corrected chi connectivity index (χ1v) is 6.92. The maximum Gasteiger partial charge on any atom is 0.127 e. The van der Waals surface area contributed by atoms with E-state index in [1.54, 1.807) is 0 Å². The van der Waals surface area contributed by atoms with Crippen LogP contribution in [0, 0.1) is 5.41 Å². The summed E-state index contributed by atoms with van der Waals surface area (Å²) < 4.78 is 0. The van der Waals surface area contributed by atoms with Crippen molar-refractivity contribution < 1.29 is 4.79 Å². The first kappa shape index (κ1) is 12.1. The van der Waals surface area contributed by atoms with Gasteiger partial charge in [0.05, 0.1) is 0 Å². The molecule has 0 radical (unpaired) electrons. The van der Waals surface area contributed by atoms with Gasteiger partial charge in [-0.2, -0.15) is 0 Å². The lowest BCUT2D eigenvalue weighted by molar-refractivity contribution is -0.119. The number of hydrogen-bond acceptors (Lipinski definition) is 2. The van der Waals surface area contributed by atoms with Crippen LogP contribution in [0.3, 0.4) is 0 Å². The summed E-state index contributed by atoms with van der Waals surface area (Å²) in [4.78, 5) is 13.9. The summed E-state index contributed by atoms with van der Waals surface area (Å²) >= 11 is 0. The van der Waals surface area contributed by atoms with Crippen molar-refractivity contribution in [1.29, 1.82) is 0 Å². The molecule has 0 saturated heterocycles. The standard InChI is InChI=1S/C14H25NO/c1-15(13-7-3-4-8-13)11-14(12-16)9-5-2-6-10-14/h12-13H,2-11H2,1H3. The van der Waals surface area contributed by atoms with E-state index >= 15 is 0 Å². The molecule has 0 aromatic rings. The number of nitrogens with zero attached hydrogens (tertiary/aromatic N) is 1. The number of carbonyl (C=O) groups is 1. The van der Waals surface area contributed by atoms with E-state index in [-0.39, 0.29) is 5.41 Å². The van der Waals surface area contributed by atoms with E-state index in [1.165, 1.54) is 51.2 Å². The molecular weight excluding hydrogens is 198 g/mol. The lowest BCUT2D eigenvalue weighted by Gasteiger charge is -2.37. The molecule has 2 heteroatoms. The van der Waals surface area contributed by atoms with Crippen LogP contribution in [0.2, 0.25) is 0 Å². The summed E-state index contributed by atoms with van der Waals surface area (Å²) in [5, 5.41) is 0. The third kappa shape index (κ3) is 2.65. The van der Waals surface area contributed by atoms with Gasteiger partial charge in [0.2, 0.25) is 0 Å². The molecule has 0 atom stereocenters. The second kappa shape index (κ2) is 5.31. The van der Waals surface area contributed by atoms with Crippen LogP contribution >= 0.6 is 0 Å². The average molecular weight is 223 g/mol. The SMILES string of the molecule is CN(CC1(C=O)CCCCC1)C1CCCC1. The van der Waals surface area contributed by atoms with Gasteiger partial charge in [0.25, 0.3) is 0 Å². The molecule has 0 aromatic carbocycles. The third-order valence-corrected chi connectivity index (χ3v) is 4.61. The zero-order valence-electron chi connectivity index (χ0n) is 10.6. The van der Waals surface area contributed by atoms with Crippen LogP contribution in [0.5, 0.6) is 0 Å². The fraction of sp³-hybridized carbons (Fsp3) is 0.929. The summed E-state index contributed by atoms with van der Waals surface area (Å²) in [5.74, 6) is 0. The van der Waals surface area contributed by atoms with Crippen LogP contribution in [0.25, 0.3) is 0 Å². The fourth-order valence-electron chi connectivity index (χ4n) is 3.54. The highest BCUT2D eigenvalue weighted by Crippen LogP contribution is 2.36. The molecule has 0 aliphatic heterocycles. The molecule has 0 unspecified atom stereocenters. The van der Waals surface area contributed by atoms with Crippen molar-refractivity contribution in [3.8, 4) is 0 Å². The van der Waals surface area contributed by atoms with Gasteiger partial charge < -0.3 is 9.69 Å². The molecule has 2 fully saturated rings. The predicted octanol–water partition coefficient (Wildman–Crippen LogP) is 3.01. The summed E-state index contributed by atoms with van der Waals surface area (Å²) in [7, 11) is 2.22. The molecule has 92 valence electrons. The van der Waals surface area contributed by atoms with Crippen molar-refractivity contribution in [1.82, 2.24) is 4.90 Å². The molecule has 0 N–H and O–H groups in total. The second-order valence-corrected chi connectivity index (χ2v) is 5.89. The highest BCUT2D eigenvalue weighted by atomic mass is 16.1. The van der Waals surface area contributed by atoms with Gasteiger partial charge in [-0.25, -0.2) is 0 Å². The molecule has 0 bridgehead atoms. The highest BCUT2D eigenvalue weighted by Gasteiger charge is 2.34. The average Bonchev–Trinajstić information content (AvgIpc) is 2.84. The molecule has 2 nitrogen and oxygen atoms in total. The van der Waals surface area contributed by atoms with E-state index in [2.05, 4.69) is 11.9 Å². The molecule has 2 rings (SSSR count). The number of hydrogen-bond donors (Lipinski definition) is 0. The Balaban J connectivity index is 1.91. The van der Waals surface area contributed by atoms with Crippen molar-refractivity contribution in [2.75, 3.05) is 13.6 Å². The van der Waals surface area contributed by atoms with Crippen molar-refractivity contribution in [3.63, 3.8) is 0 Å². The van der Waals surface area contributed by atoms with E-state index in [9.17, 15) is 4.79 Å².